The van der Waals surface area contributed by atoms with Crippen LogP contribution in [0.5, 0.6) is 0 Å². The number of rotatable bonds is 4. The lowest BCUT2D eigenvalue weighted by molar-refractivity contribution is -0.137. The number of piperidine rings is 1. The standard InChI is InChI=1S/C19H22F3N3O2/c1-3-14-17(12(2)27-24-14)18(26)23-15-11-13(19(20,21)22)7-8-16(15)25-9-5-4-6-10-25/h7-8,11H,3-6,9-10H2,1-2H3,(H,23,26). The van der Waals surface area contributed by atoms with Crippen LogP contribution in [-0.4, -0.2) is 24.2 Å². The first-order valence-electron chi connectivity index (χ1n) is 9.04. The van der Waals surface area contributed by atoms with Crippen LogP contribution in [0.4, 0.5) is 24.5 Å². The van der Waals surface area contributed by atoms with Crippen LogP contribution in [0.2, 0.25) is 0 Å². The summed E-state index contributed by atoms with van der Waals surface area (Å²) in [6.45, 7) is 4.94. The molecule has 0 unspecified atom stereocenters. The van der Waals surface area contributed by atoms with Gasteiger partial charge in [0.25, 0.3) is 5.91 Å². The van der Waals surface area contributed by atoms with E-state index in [0.717, 1.165) is 44.5 Å². The van der Waals surface area contributed by atoms with E-state index in [0.29, 0.717) is 23.6 Å². The minimum atomic E-state index is -4.48. The molecule has 0 spiro atoms. The number of halogens is 3. The summed E-state index contributed by atoms with van der Waals surface area (Å²) < 4.78 is 44.6. The second-order valence-electron chi connectivity index (χ2n) is 6.65. The van der Waals surface area contributed by atoms with Gasteiger partial charge in [-0.25, -0.2) is 0 Å². The summed E-state index contributed by atoms with van der Waals surface area (Å²) in [5.74, 6) is -0.168. The molecule has 8 heteroatoms. The number of hydrogen-bond donors (Lipinski definition) is 1. The second kappa shape index (κ2) is 7.62. The highest BCUT2D eigenvalue weighted by Crippen LogP contribution is 2.36. The number of aromatic nitrogens is 1. The molecule has 27 heavy (non-hydrogen) atoms. The van der Waals surface area contributed by atoms with Crippen molar-refractivity contribution in [2.75, 3.05) is 23.3 Å². The largest absolute Gasteiger partial charge is 0.416 e. The minimum Gasteiger partial charge on any atom is -0.370 e. The Morgan fingerprint density at radius 3 is 2.59 bits per heavy atom. The van der Waals surface area contributed by atoms with Gasteiger partial charge in [-0.15, -0.1) is 0 Å². The number of anilines is 2. The van der Waals surface area contributed by atoms with Crippen molar-refractivity contribution >= 4 is 17.3 Å². The van der Waals surface area contributed by atoms with Crippen molar-refractivity contribution in [1.29, 1.82) is 0 Å². The van der Waals surface area contributed by atoms with Crippen molar-refractivity contribution in [3.05, 3.63) is 40.8 Å². The molecule has 1 amide bonds. The van der Waals surface area contributed by atoms with E-state index in [1.54, 1.807) is 6.92 Å². The van der Waals surface area contributed by atoms with Gasteiger partial charge >= 0.3 is 6.18 Å². The Hall–Kier alpha value is -2.51. The molecule has 1 aliphatic heterocycles. The highest BCUT2D eigenvalue weighted by atomic mass is 19.4. The molecule has 1 saturated heterocycles. The Labute approximate surface area is 155 Å². The van der Waals surface area contributed by atoms with Gasteiger partial charge in [-0.1, -0.05) is 12.1 Å². The first kappa shape index (κ1) is 19.3. The average Bonchev–Trinajstić information content (AvgIpc) is 3.02. The summed E-state index contributed by atoms with van der Waals surface area (Å²) in [6, 6.07) is 3.49. The van der Waals surface area contributed by atoms with Crippen LogP contribution in [-0.2, 0) is 12.6 Å². The van der Waals surface area contributed by atoms with Crippen LogP contribution in [0.25, 0.3) is 0 Å². The highest BCUT2D eigenvalue weighted by molar-refractivity contribution is 6.07. The van der Waals surface area contributed by atoms with Crippen molar-refractivity contribution in [2.45, 2.75) is 45.7 Å². The predicted octanol–water partition coefficient (Wildman–Crippen LogP) is 4.81. The molecule has 0 bridgehead atoms. The molecule has 0 atom stereocenters. The number of hydrogen-bond acceptors (Lipinski definition) is 4. The van der Waals surface area contributed by atoms with Crippen LogP contribution in [0.15, 0.2) is 22.7 Å². The topological polar surface area (TPSA) is 58.4 Å². The Bertz CT molecular complexity index is 824. The molecular weight excluding hydrogens is 359 g/mol. The first-order chi connectivity index (χ1) is 12.8. The normalized spacial score (nSPS) is 15.1. The predicted molar refractivity (Wildman–Crippen MR) is 96.1 cm³/mol. The third-order valence-corrected chi connectivity index (χ3v) is 4.76. The van der Waals surface area contributed by atoms with Gasteiger partial charge in [0.15, 0.2) is 0 Å². The molecular formula is C19H22F3N3O2. The number of nitrogens with one attached hydrogen (secondary N) is 1. The SMILES string of the molecule is CCc1noc(C)c1C(=O)Nc1cc(C(F)(F)F)ccc1N1CCCCC1. The smallest absolute Gasteiger partial charge is 0.370 e. The second-order valence-corrected chi connectivity index (χ2v) is 6.65. The zero-order valence-electron chi connectivity index (χ0n) is 15.3. The monoisotopic (exact) mass is 381 g/mol. The van der Waals surface area contributed by atoms with E-state index in [2.05, 4.69) is 10.5 Å². The number of aryl methyl sites for hydroxylation is 2. The fourth-order valence-electron chi connectivity index (χ4n) is 3.36. The number of alkyl halides is 3. The van der Waals surface area contributed by atoms with E-state index in [1.807, 2.05) is 11.8 Å². The highest BCUT2D eigenvalue weighted by Gasteiger charge is 2.32. The van der Waals surface area contributed by atoms with Crippen molar-refractivity contribution < 1.29 is 22.5 Å². The van der Waals surface area contributed by atoms with Gasteiger partial charge in [0, 0.05) is 13.1 Å². The Kier molecular flexibility index (Phi) is 5.43. The van der Waals surface area contributed by atoms with Crippen LogP contribution in [0.3, 0.4) is 0 Å². The quantitative estimate of drug-likeness (QED) is 0.826. The van der Waals surface area contributed by atoms with E-state index >= 15 is 0 Å². The molecule has 1 fully saturated rings. The number of carbonyl (C=O) groups is 1. The molecule has 0 saturated carbocycles. The van der Waals surface area contributed by atoms with Crippen molar-refractivity contribution in [3.8, 4) is 0 Å². The molecule has 1 N–H and O–H groups in total. The summed E-state index contributed by atoms with van der Waals surface area (Å²) in [7, 11) is 0. The maximum Gasteiger partial charge on any atom is 0.416 e. The molecule has 2 heterocycles. The van der Waals surface area contributed by atoms with E-state index < -0.39 is 17.6 Å². The zero-order valence-corrected chi connectivity index (χ0v) is 15.3. The van der Waals surface area contributed by atoms with Crippen LogP contribution >= 0.6 is 0 Å². The number of amides is 1. The van der Waals surface area contributed by atoms with E-state index in [4.69, 9.17) is 4.52 Å². The third kappa shape index (κ3) is 4.09. The van der Waals surface area contributed by atoms with Crippen LogP contribution in [0.1, 0.15) is 53.6 Å². The fraction of sp³-hybridized carbons (Fsp3) is 0.474. The summed E-state index contributed by atoms with van der Waals surface area (Å²) >= 11 is 0. The average molecular weight is 381 g/mol. The lowest BCUT2D eigenvalue weighted by Crippen LogP contribution is -2.30. The third-order valence-electron chi connectivity index (χ3n) is 4.76. The summed E-state index contributed by atoms with van der Waals surface area (Å²) in [5, 5.41) is 6.50. The Morgan fingerprint density at radius 2 is 1.96 bits per heavy atom. The maximum absolute atomic E-state index is 13.2. The summed E-state index contributed by atoms with van der Waals surface area (Å²) in [4.78, 5) is 14.8. The molecule has 0 radical (unpaired) electrons. The fourth-order valence-corrected chi connectivity index (χ4v) is 3.36. The molecule has 2 aromatic rings. The lowest BCUT2D eigenvalue weighted by atomic mass is 10.1. The maximum atomic E-state index is 13.2. The van der Waals surface area contributed by atoms with Gasteiger partial charge in [0.1, 0.15) is 11.3 Å². The summed E-state index contributed by atoms with van der Waals surface area (Å²) in [6.07, 6.45) is -0.958. The molecule has 1 aromatic carbocycles. The summed E-state index contributed by atoms with van der Waals surface area (Å²) in [5.41, 5.74) is 0.718. The van der Waals surface area contributed by atoms with Gasteiger partial charge in [0.2, 0.25) is 0 Å². The van der Waals surface area contributed by atoms with Gasteiger partial charge in [0.05, 0.1) is 22.6 Å². The van der Waals surface area contributed by atoms with E-state index in [-0.39, 0.29) is 11.3 Å². The molecule has 1 aliphatic rings. The zero-order chi connectivity index (χ0) is 19.6. The molecule has 146 valence electrons. The van der Waals surface area contributed by atoms with Crippen molar-refractivity contribution in [1.82, 2.24) is 5.16 Å². The molecule has 0 aliphatic carbocycles. The minimum absolute atomic E-state index is 0.152. The molecule has 1 aromatic heterocycles. The van der Waals surface area contributed by atoms with E-state index in [9.17, 15) is 18.0 Å². The molecule has 5 nitrogen and oxygen atoms in total. The Morgan fingerprint density at radius 1 is 1.26 bits per heavy atom. The van der Waals surface area contributed by atoms with E-state index in [1.165, 1.54) is 6.07 Å². The van der Waals surface area contributed by atoms with Gasteiger partial charge in [-0.3, -0.25) is 4.79 Å². The van der Waals surface area contributed by atoms with Gasteiger partial charge in [-0.05, 0) is 50.8 Å². The van der Waals surface area contributed by atoms with Gasteiger partial charge < -0.3 is 14.7 Å². The van der Waals surface area contributed by atoms with Crippen molar-refractivity contribution in [3.63, 3.8) is 0 Å². The number of nitrogens with zero attached hydrogens (tertiary/aromatic N) is 2. The van der Waals surface area contributed by atoms with Crippen molar-refractivity contribution in [2.24, 2.45) is 0 Å². The Balaban J connectivity index is 1.98. The number of carbonyl (C=O) groups excluding carboxylic acids is 1. The van der Waals surface area contributed by atoms with Gasteiger partial charge in [-0.2, -0.15) is 13.2 Å². The first-order valence-corrected chi connectivity index (χ1v) is 9.04. The van der Waals surface area contributed by atoms with Crippen LogP contribution in [0, 0.1) is 6.92 Å². The number of benzene rings is 1. The lowest BCUT2D eigenvalue weighted by Gasteiger charge is -2.31. The van der Waals surface area contributed by atoms with Crippen LogP contribution < -0.4 is 10.2 Å². The molecule has 3 rings (SSSR count).